The van der Waals surface area contributed by atoms with E-state index in [4.69, 9.17) is 4.74 Å². The van der Waals surface area contributed by atoms with E-state index < -0.39 is 6.09 Å². The van der Waals surface area contributed by atoms with Crippen molar-refractivity contribution in [3.05, 3.63) is 42.4 Å². The fourth-order valence-corrected chi connectivity index (χ4v) is 1.68. The highest BCUT2D eigenvalue weighted by Gasteiger charge is 2.04. The third-order valence-corrected chi connectivity index (χ3v) is 2.64. The second kappa shape index (κ2) is 7.23. The molecule has 0 unspecified atom stereocenters. The molecule has 0 saturated carbocycles. The van der Waals surface area contributed by atoms with Gasteiger partial charge in [-0.2, -0.15) is 0 Å². The molecule has 2 rings (SSSR count). The monoisotopic (exact) mass is 286 g/mol. The van der Waals surface area contributed by atoms with E-state index in [1.807, 2.05) is 26.0 Å². The van der Waals surface area contributed by atoms with E-state index in [0.717, 1.165) is 17.8 Å². The van der Waals surface area contributed by atoms with Crippen LogP contribution in [0.15, 0.2) is 36.7 Å². The van der Waals surface area contributed by atoms with Crippen molar-refractivity contribution >= 4 is 17.6 Å². The summed E-state index contributed by atoms with van der Waals surface area (Å²) in [5.74, 6) is 1.16. The topological polar surface area (TPSA) is 76.1 Å². The average Bonchev–Trinajstić information content (AvgIpc) is 2.45. The number of amides is 1. The highest BCUT2D eigenvalue weighted by atomic mass is 16.6. The van der Waals surface area contributed by atoms with Crippen molar-refractivity contribution in [3.8, 4) is 5.75 Å². The number of nitrogens with zero attached hydrogens (tertiary/aromatic N) is 2. The van der Waals surface area contributed by atoms with Gasteiger partial charge in [0.15, 0.2) is 0 Å². The van der Waals surface area contributed by atoms with Crippen molar-refractivity contribution in [1.82, 2.24) is 15.3 Å². The maximum Gasteiger partial charge on any atom is 0.412 e. The fourth-order valence-electron chi connectivity index (χ4n) is 1.68. The maximum atomic E-state index is 11.5. The zero-order chi connectivity index (χ0) is 15.1. The van der Waals surface area contributed by atoms with Crippen LogP contribution in [0.1, 0.15) is 19.0 Å². The van der Waals surface area contributed by atoms with Gasteiger partial charge in [-0.1, -0.05) is 13.0 Å². The summed E-state index contributed by atoms with van der Waals surface area (Å²) in [6.45, 7) is 4.47. The minimum absolute atomic E-state index is 0.452. The predicted octanol–water partition coefficient (Wildman–Crippen LogP) is 3.03. The van der Waals surface area contributed by atoms with Crippen LogP contribution >= 0.6 is 0 Å². The number of anilines is 2. The van der Waals surface area contributed by atoms with E-state index in [9.17, 15) is 4.79 Å². The molecule has 1 aromatic carbocycles. The standard InChI is InChI=1S/C15H18N4O2/c1-3-7-16-15(20)21-13-6-4-5-12(9-13)19-14-8-11(2)17-10-18-14/h4-6,8-10H,3,7H2,1-2H3,(H,16,20)(H,17,18,19). The number of aryl methyl sites for hydroxylation is 1. The number of benzene rings is 1. The molecule has 1 aromatic heterocycles. The summed E-state index contributed by atoms with van der Waals surface area (Å²) in [6.07, 6.45) is 1.91. The van der Waals surface area contributed by atoms with Gasteiger partial charge in [-0.3, -0.25) is 0 Å². The van der Waals surface area contributed by atoms with E-state index in [1.165, 1.54) is 6.33 Å². The Hall–Kier alpha value is -2.63. The molecule has 1 heterocycles. The lowest BCUT2D eigenvalue weighted by Gasteiger charge is -2.09. The normalized spacial score (nSPS) is 10.0. The smallest absolute Gasteiger partial charge is 0.410 e. The number of ether oxygens (including phenoxy) is 1. The number of carbonyl (C=O) groups is 1. The van der Waals surface area contributed by atoms with E-state index in [-0.39, 0.29) is 0 Å². The van der Waals surface area contributed by atoms with Crippen molar-refractivity contribution < 1.29 is 9.53 Å². The Labute approximate surface area is 123 Å². The minimum atomic E-state index is -0.452. The van der Waals surface area contributed by atoms with Crippen molar-refractivity contribution in [2.45, 2.75) is 20.3 Å². The summed E-state index contributed by atoms with van der Waals surface area (Å²) in [7, 11) is 0. The first-order valence-electron chi connectivity index (χ1n) is 6.79. The molecule has 0 bridgehead atoms. The van der Waals surface area contributed by atoms with Crippen molar-refractivity contribution in [2.75, 3.05) is 11.9 Å². The Morgan fingerprint density at radius 2 is 2.14 bits per heavy atom. The van der Waals surface area contributed by atoms with Gasteiger partial charge in [-0.25, -0.2) is 14.8 Å². The van der Waals surface area contributed by atoms with Crippen LogP contribution in [0, 0.1) is 6.92 Å². The number of nitrogens with one attached hydrogen (secondary N) is 2. The van der Waals surface area contributed by atoms with Gasteiger partial charge in [0.1, 0.15) is 17.9 Å². The van der Waals surface area contributed by atoms with Crippen molar-refractivity contribution in [1.29, 1.82) is 0 Å². The van der Waals surface area contributed by atoms with Gasteiger partial charge < -0.3 is 15.4 Å². The van der Waals surface area contributed by atoms with E-state index in [2.05, 4.69) is 20.6 Å². The lowest BCUT2D eigenvalue weighted by atomic mass is 10.3. The Bertz CT molecular complexity index is 616. The van der Waals surface area contributed by atoms with Gasteiger partial charge in [-0.05, 0) is 25.5 Å². The van der Waals surface area contributed by atoms with Crippen molar-refractivity contribution in [3.63, 3.8) is 0 Å². The number of hydrogen-bond acceptors (Lipinski definition) is 5. The molecule has 0 atom stereocenters. The number of hydrogen-bond donors (Lipinski definition) is 2. The Balaban J connectivity index is 2.02. The summed E-state index contributed by atoms with van der Waals surface area (Å²) >= 11 is 0. The molecule has 6 nitrogen and oxygen atoms in total. The fraction of sp³-hybridized carbons (Fsp3) is 0.267. The molecule has 0 spiro atoms. The van der Waals surface area contributed by atoms with Gasteiger partial charge in [0, 0.05) is 30.1 Å². The molecule has 21 heavy (non-hydrogen) atoms. The Morgan fingerprint density at radius 3 is 2.90 bits per heavy atom. The van der Waals surface area contributed by atoms with Gasteiger partial charge in [0.25, 0.3) is 0 Å². The first-order valence-corrected chi connectivity index (χ1v) is 6.79. The van der Waals surface area contributed by atoms with Gasteiger partial charge >= 0.3 is 6.09 Å². The van der Waals surface area contributed by atoms with Crippen molar-refractivity contribution in [2.24, 2.45) is 0 Å². The van der Waals surface area contributed by atoms with Gasteiger partial charge in [0.2, 0.25) is 0 Å². The molecule has 0 aliphatic carbocycles. The Kier molecular flexibility index (Phi) is 5.09. The molecule has 0 aliphatic heterocycles. The van der Waals surface area contributed by atoms with E-state index >= 15 is 0 Å². The molecule has 0 aliphatic rings. The molecule has 2 aromatic rings. The molecular weight excluding hydrogens is 268 g/mol. The molecule has 1 amide bonds. The zero-order valence-electron chi connectivity index (χ0n) is 12.1. The van der Waals surface area contributed by atoms with Gasteiger partial charge in [0.05, 0.1) is 0 Å². The predicted molar refractivity (Wildman–Crippen MR) is 80.8 cm³/mol. The first-order chi connectivity index (χ1) is 10.2. The minimum Gasteiger partial charge on any atom is -0.410 e. The highest BCUT2D eigenvalue weighted by molar-refractivity contribution is 5.71. The molecule has 0 fully saturated rings. The van der Waals surface area contributed by atoms with Crippen LogP contribution in [0.3, 0.4) is 0 Å². The largest absolute Gasteiger partial charge is 0.412 e. The van der Waals surface area contributed by atoms with Crippen LogP contribution in [0.25, 0.3) is 0 Å². The SMILES string of the molecule is CCCNC(=O)Oc1cccc(Nc2cc(C)ncn2)c1. The van der Waals surface area contributed by atoms with Crippen LogP contribution < -0.4 is 15.4 Å². The second-order valence-electron chi connectivity index (χ2n) is 4.51. The van der Waals surface area contributed by atoms with E-state index in [1.54, 1.807) is 18.2 Å². The zero-order valence-corrected chi connectivity index (χ0v) is 12.1. The highest BCUT2D eigenvalue weighted by Crippen LogP contribution is 2.20. The molecular formula is C15H18N4O2. The lowest BCUT2D eigenvalue weighted by molar-refractivity contribution is 0.200. The van der Waals surface area contributed by atoms with E-state index in [0.29, 0.717) is 18.1 Å². The second-order valence-corrected chi connectivity index (χ2v) is 4.51. The third kappa shape index (κ3) is 4.76. The third-order valence-electron chi connectivity index (χ3n) is 2.64. The van der Waals surface area contributed by atoms with Crippen LogP contribution in [-0.2, 0) is 0 Å². The maximum absolute atomic E-state index is 11.5. The average molecular weight is 286 g/mol. The van der Waals surface area contributed by atoms with Crippen LogP contribution in [-0.4, -0.2) is 22.6 Å². The van der Waals surface area contributed by atoms with Crippen LogP contribution in [0.4, 0.5) is 16.3 Å². The summed E-state index contributed by atoms with van der Waals surface area (Å²) in [5.41, 5.74) is 1.66. The number of rotatable bonds is 5. The molecule has 0 saturated heterocycles. The summed E-state index contributed by atoms with van der Waals surface area (Å²) in [4.78, 5) is 19.7. The molecule has 110 valence electrons. The van der Waals surface area contributed by atoms with Crippen LogP contribution in [0.2, 0.25) is 0 Å². The summed E-state index contributed by atoms with van der Waals surface area (Å²) in [6, 6.07) is 8.97. The molecule has 6 heteroatoms. The quantitative estimate of drug-likeness (QED) is 0.883. The lowest BCUT2D eigenvalue weighted by Crippen LogP contribution is -2.27. The number of aromatic nitrogens is 2. The first kappa shape index (κ1) is 14.8. The summed E-state index contributed by atoms with van der Waals surface area (Å²) in [5, 5.41) is 5.79. The van der Waals surface area contributed by atoms with Gasteiger partial charge in [-0.15, -0.1) is 0 Å². The Morgan fingerprint density at radius 1 is 1.29 bits per heavy atom. The molecule has 2 N–H and O–H groups in total. The van der Waals surface area contributed by atoms with Crippen LogP contribution in [0.5, 0.6) is 5.75 Å². The molecule has 0 radical (unpaired) electrons. The number of carbonyl (C=O) groups excluding carboxylic acids is 1. The summed E-state index contributed by atoms with van der Waals surface area (Å²) < 4.78 is 5.20.